The Hall–Kier alpha value is -1.67. The molecule has 1 aromatic heterocycles. The van der Waals surface area contributed by atoms with Crippen molar-refractivity contribution in [2.24, 2.45) is 0 Å². The first kappa shape index (κ1) is 13.8. The fraction of sp³-hybridized carbons (Fsp3) is 0.182. The molecular formula is C11H12FN3O2S2. The van der Waals surface area contributed by atoms with Crippen LogP contribution in [0.4, 0.5) is 15.2 Å². The fourth-order valence-electron chi connectivity index (χ4n) is 1.42. The molecule has 2 aromatic rings. The predicted octanol–water partition coefficient (Wildman–Crippen LogP) is 2.29. The van der Waals surface area contributed by atoms with Gasteiger partial charge in [-0.25, -0.2) is 17.8 Å². The minimum absolute atomic E-state index is 0.0272. The number of rotatable bonds is 4. The Balaban J connectivity index is 2.31. The van der Waals surface area contributed by atoms with Crippen LogP contribution in [0.3, 0.4) is 0 Å². The lowest BCUT2D eigenvalue weighted by Gasteiger charge is -2.02. The molecule has 1 heterocycles. The van der Waals surface area contributed by atoms with E-state index in [2.05, 4.69) is 9.71 Å². The number of hydrogen-bond acceptors (Lipinski definition) is 5. The number of hydrogen-bond donors (Lipinski definition) is 2. The van der Waals surface area contributed by atoms with Gasteiger partial charge in [0.15, 0.2) is 5.13 Å². The molecule has 0 bridgehead atoms. The van der Waals surface area contributed by atoms with E-state index in [-0.39, 0.29) is 16.6 Å². The van der Waals surface area contributed by atoms with Crippen molar-refractivity contribution < 1.29 is 12.8 Å². The van der Waals surface area contributed by atoms with Crippen molar-refractivity contribution in [2.45, 2.75) is 6.92 Å². The van der Waals surface area contributed by atoms with Gasteiger partial charge in [0.05, 0.1) is 11.4 Å². The van der Waals surface area contributed by atoms with Crippen LogP contribution in [0.25, 0.3) is 11.3 Å². The van der Waals surface area contributed by atoms with E-state index in [9.17, 15) is 12.8 Å². The summed E-state index contributed by atoms with van der Waals surface area (Å²) >= 11 is 1.15. The molecular weight excluding hydrogens is 289 g/mol. The lowest BCUT2D eigenvalue weighted by Crippen LogP contribution is -2.14. The van der Waals surface area contributed by atoms with Crippen molar-refractivity contribution in [3.8, 4) is 11.3 Å². The van der Waals surface area contributed by atoms with E-state index in [1.54, 1.807) is 5.38 Å². The number of nitrogens with two attached hydrogens (primary N) is 1. The molecule has 5 nitrogen and oxygen atoms in total. The molecule has 0 amide bonds. The minimum atomic E-state index is -3.35. The van der Waals surface area contributed by atoms with Crippen LogP contribution in [0, 0.1) is 5.82 Å². The molecule has 102 valence electrons. The zero-order valence-corrected chi connectivity index (χ0v) is 11.7. The van der Waals surface area contributed by atoms with Crippen LogP contribution >= 0.6 is 11.3 Å². The maximum atomic E-state index is 12.9. The standard InChI is InChI=1S/C11H12FN3O2S2/c1-2-19(16,17)15-11-14-10(6-18-11)8-4-3-7(12)5-9(8)13/h3-6H,2,13H2,1H3,(H,14,15). The Morgan fingerprint density at radius 2 is 2.21 bits per heavy atom. The molecule has 1 aromatic carbocycles. The highest BCUT2D eigenvalue weighted by atomic mass is 32.2. The van der Waals surface area contributed by atoms with Crippen LogP contribution in [0.2, 0.25) is 0 Å². The fourth-order valence-corrected chi connectivity index (χ4v) is 3.00. The van der Waals surface area contributed by atoms with Crippen molar-refractivity contribution in [3.05, 3.63) is 29.4 Å². The van der Waals surface area contributed by atoms with Gasteiger partial charge in [0.2, 0.25) is 10.0 Å². The van der Waals surface area contributed by atoms with Gasteiger partial charge in [0.25, 0.3) is 0 Å². The van der Waals surface area contributed by atoms with Gasteiger partial charge in [-0.3, -0.25) is 4.72 Å². The van der Waals surface area contributed by atoms with Gasteiger partial charge in [0, 0.05) is 16.6 Å². The van der Waals surface area contributed by atoms with Crippen molar-refractivity contribution in [1.82, 2.24) is 4.98 Å². The van der Waals surface area contributed by atoms with E-state index in [0.717, 1.165) is 11.3 Å². The van der Waals surface area contributed by atoms with Gasteiger partial charge >= 0.3 is 0 Å². The number of halogens is 1. The average Bonchev–Trinajstić information content (AvgIpc) is 2.76. The second-order valence-corrected chi connectivity index (χ2v) is 6.64. The molecule has 0 spiro atoms. The van der Waals surface area contributed by atoms with Gasteiger partial charge in [-0.1, -0.05) is 0 Å². The SMILES string of the molecule is CCS(=O)(=O)Nc1nc(-c2ccc(F)cc2N)cs1. The number of nitrogens with zero attached hydrogens (tertiary/aromatic N) is 1. The third-order valence-electron chi connectivity index (χ3n) is 2.42. The molecule has 3 N–H and O–H groups in total. The van der Waals surface area contributed by atoms with E-state index in [0.29, 0.717) is 11.3 Å². The van der Waals surface area contributed by atoms with Gasteiger partial charge in [-0.05, 0) is 25.1 Å². The largest absolute Gasteiger partial charge is 0.398 e. The molecule has 0 saturated heterocycles. The predicted molar refractivity (Wildman–Crippen MR) is 75.0 cm³/mol. The molecule has 0 atom stereocenters. The third kappa shape index (κ3) is 3.21. The molecule has 19 heavy (non-hydrogen) atoms. The Bertz CT molecular complexity index is 698. The van der Waals surface area contributed by atoms with Crippen molar-refractivity contribution >= 4 is 32.2 Å². The number of anilines is 2. The van der Waals surface area contributed by atoms with Crippen molar-refractivity contribution in [2.75, 3.05) is 16.2 Å². The summed E-state index contributed by atoms with van der Waals surface area (Å²) in [5.74, 6) is -0.455. The van der Waals surface area contributed by atoms with E-state index in [1.807, 2.05) is 0 Å². The molecule has 0 aliphatic rings. The van der Waals surface area contributed by atoms with Gasteiger partial charge in [0.1, 0.15) is 5.82 Å². The summed E-state index contributed by atoms with van der Waals surface area (Å²) in [7, 11) is -3.35. The van der Waals surface area contributed by atoms with Crippen molar-refractivity contribution in [1.29, 1.82) is 0 Å². The molecule has 8 heteroatoms. The Morgan fingerprint density at radius 1 is 1.47 bits per heavy atom. The maximum Gasteiger partial charge on any atom is 0.234 e. The van der Waals surface area contributed by atoms with Gasteiger partial charge < -0.3 is 5.73 Å². The summed E-state index contributed by atoms with van der Waals surface area (Å²) in [6.07, 6.45) is 0. The molecule has 0 radical (unpaired) electrons. The highest BCUT2D eigenvalue weighted by Crippen LogP contribution is 2.29. The summed E-state index contributed by atoms with van der Waals surface area (Å²) in [6.45, 7) is 1.54. The lowest BCUT2D eigenvalue weighted by molar-refractivity contribution is 0.602. The highest BCUT2D eigenvalue weighted by Gasteiger charge is 2.12. The molecule has 0 saturated carbocycles. The Kier molecular flexibility index (Phi) is 3.72. The zero-order valence-electron chi connectivity index (χ0n) is 10.1. The number of benzene rings is 1. The second-order valence-electron chi connectivity index (χ2n) is 3.77. The molecule has 0 fully saturated rings. The van der Waals surface area contributed by atoms with Crippen molar-refractivity contribution in [3.63, 3.8) is 0 Å². The quantitative estimate of drug-likeness (QED) is 0.849. The van der Waals surface area contributed by atoms with Gasteiger partial charge in [-0.15, -0.1) is 11.3 Å². The molecule has 2 rings (SSSR count). The first-order valence-electron chi connectivity index (χ1n) is 5.42. The first-order valence-corrected chi connectivity index (χ1v) is 7.96. The smallest absolute Gasteiger partial charge is 0.234 e. The number of nitrogen functional groups attached to an aromatic ring is 1. The van der Waals surface area contributed by atoms with E-state index in [4.69, 9.17) is 5.73 Å². The Morgan fingerprint density at radius 3 is 2.84 bits per heavy atom. The maximum absolute atomic E-state index is 12.9. The average molecular weight is 301 g/mol. The summed E-state index contributed by atoms with van der Waals surface area (Å²) in [5.41, 5.74) is 7.04. The first-order chi connectivity index (χ1) is 8.91. The van der Waals surface area contributed by atoms with Crippen LogP contribution in [0.5, 0.6) is 0 Å². The normalized spacial score (nSPS) is 11.5. The molecule has 0 aliphatic heterocycles. The van der Waals surface area contributed by atoms with Gasteiger partial charge in [-0.2, -0.15) is 0 Å². The van der Waals surface area contributed by atoms with Crippen LogP contribution in [0.15, 0.2) is 23.6 Å². The molecule has 0 aliphatic carbocycles. The second kappa shape index (κ2) is 5.14. The number of thiazole rings is 1. The van der Waals surface area contributed by atoms with E-state index < -0.39 is 15.8 Å². The van der Waals surface area contributed by atoms with E-state index >= 15 is 0 Å². The van der Waals surface area contributed by atoms with Crippen LogP contribution in [-0.4, -0.2) is 19.2 Å². The minimum Gasteiger partial charge on any atom is -0.398 e. The number of sulfonamides is 1. The third-order valence-corrected chi connectivity index (χ3v) is 4.57. The van der Waals surface area contributed by atoms with Crippen LogP contribution < -0.4 is 10.5 Å². The summed E-state index contributed by atoms with van der Waals surface area (Å²) in [4.78, 5) is 4.13. The van der Waals surface area contributed by atoms with E-state index in [1.165, 1.54) is 25.1 Å². The summed E-state index contributed by atoms with van der Waals surface area (Å²) < 4.78 is 38.1. The number of nitrogens with one attached hydrogen (secondary N) is 1. The zero-order chi connectivity index (χ0) is 14.0. The lowest BCUT2D eigenvalue weighted by atomic mass is 10.1. The number of aromatic nitrogens is 1. The van der Waals surface area contributed by atoms with Crippen LogP contribution in [-0.2, 0) is 10.0 Å². The van der Waals surface area contributed by atoms with Crippen LogP contribution in [0.1, 0.15) is 6.92 Å². The monoisotopic (exact) mass is 301 g/mol. The molecule has 0 unspecified atom stereocenters. The summed E-state index contributed by atoms with van der Waals surface area (Å²) in [6, 6.07) is 3.99. The topological polar surface area (TPSA) is 85.1 Å². The Labute approximate surface area is 114 Å². The highest BCUT2D eigenvalue weighted by molar-refractivity contribution is 7.92. The summed E-state index contributed by atoms with van der Waals surface area (Å²) in [5, 5.41) is 1.93.